The minimum Gasteiger partial charge on any atom is -0.481 e. The van der Waals surface area contributed by atoms with Gasteiger partial charge < -0.3 is 36.9 Å². The van der Waals surface area contributed by atoms with Crippen molar-refractivity contribution >= 4 is 29.7 Å². The number of imidazole rings is 1. The van der Waals surface area contributed by atoms with Gasteiger partial charge in [-0.2, -0.15) is 0 Å². The summed E-state index contributed by atoms with van der Waals surface area (Å²) < 4.78 is 0. The van der Waals surface area contributed by atoms with Gasteiger partial charge in [-0.1, -0.05) is 44.2 Å². The normalized spacial score (nSPS) is 14.1. The van der Waals surface area contributed by atoms with Gasteiger partial charge in [0, 0.05) is 24.7 Å². The van der Waals surface area contributed by atoms with E-state index in [0.717, 1.165) is 0 Å². The molecule has 4 unspecified atom stereocenters. The summed E-state index contributed by atoms with van der Waals surface area (Å²) >= 11 is 0. The Bertz CT molecular complexity index is 1090. The van der Waals surface area contributed by atoms with Gasteiger partial charge in [-0.05, 0) is 17.9 Å². The molecule has 1 heterocycles. The smallest absolute Gasteiger partial charge is 0.326 e. The van der Waals surface area contributed by atoms with Crippen LogP contribution in [0.5, 0.6) is 0 Å². The van der Waals surface area contributed by atoms with Crippen LogP contribution in [0.15, 0.2) is 42.9 Å². The molecule has 0 fully saturated rings. The van der Waals surface area contributed by atoms with Crippen LogP contribution in [-0.4, -0.2) is 74.0 Å². The van der Waals surface area contributed by atoms with Gasteiger partial charge in [-0.15, -0.1) is 0 Å². The molecular formula is C25H34N6O7. The van der Waals surface area contributed by atoms with Gasteiger partial charge in [0.1, 0.15) is 18.1 Å². The molecule has 8 N–H and O–H groups in total. The van der Waals surface area contributed by atoms with Crippen LogP contribution in [0, 0.1) is 5.92 Å². The zero-order valence-electron chi connectivity index (χ0n) is 21.2. The number of nitrogens with zero attached hydrogens (tertiary/aromatic N) is 1. The van der Waals surface area contributed by atoms with E-state index in [2.05, 4.69) is 25.9 Å². The lowest BCUT2D eigenvalue weighted by atomic mass is 10.0. The second-order valence-electron chi connectivity index (χ2n) is 9.33. The molecule has 13 nitrogen and oxygen atoms in total. The molecule has 1 aromatic heterocycles. The summed E-state index contributed by atoms with van der Waals surface area (Å²) in [5.41, 5.74) is 7.00. The van der Waals surface area contributed by atoms with Crippen LogP contribution >= 0.6 is 0 Å². The Morgan fingerprint density at radius 2 is 1.50 bits per heavy atom. The molecule has 0 aliphatic heterocycles. The van der Waals surface area contributed by atoms with Gasteiger partial charge in [0.15, 0.2) is 0 Å². The predicted octanol–water partition coefficient (Wildman–Crippen LogP) is -0.418. The molecule has 4 atom stereocenters. The molecule has 3 amide bonds. The fraction of sp³-hybridized carbons (Fsp3) is 0.440. The van der Waals surface area contributed by atoms with E-state index in [1.54, 1.807) is 30.3 Å². The van der Waals surface area contributed by atoms with E-state index in [-0.39, 0.29) is 18.8 Å². The van der Waals surface area contributed by atoms with Crippen LogP contribution in [0.4, 0.5) is 0 Å². The fourth-order valence-corrected chi connectivity index (χ4v) is 3.70. The van der Waals surface area contributed by atoms with Gasteiger partial charge >= 0.3 is 11.9 Å². The van der Waals surface area contributed by atoms with Gasteiger partial charge in [0.2, 0.25) is 17.7 Å². The summed E-state index contributed by atoms with van der Waals surface area (Å²) in [6.07, 6.45) is 2.27. The minimum absolute atomic E-state index is 0.0184. The van der Waals surface area contributed by atoms with Crippen molar-refractivity contribution in [3.8, 4) is 0 Å². The van der Waals surface area contributed by atoms with E-state index < -0.39 is 60.2 Å². The quantitative estimate of drug-likeness (QED) is 0.159. The van der Waals surface area contributed by atoms with Gasteiger partial charge in [0.25, 0.3) is 0 Å². The summed E-state index contributed by atoms with van der Waals surface area (Å²) in [6.45, 7) is 3.72. The molecule has 0 aliphatic carbocycles. The fourth-order valence-electron chi connectivity index (χ4n) is 3.70. The number of carbonyl (C=O) groups excluding carboxylic acids is 3. The van der Waals surface area contributed by atoms with Crippen LogP contribution in [-0.2, 0) is 36.8 Å². The molecule has 0 saturated heterocycles. The average molecular weight is 531 g/mol. The topological polar surface area (TPSA) is 217 Å². The molecule has 0 saturated carbocycles. The Labute approximate surface area is 219 Å². The Balaban J connectivity index is 2.23. The first-order valence-corrected chi connectivity index (χ1v) is 12.1. The van der Waals surface area contributed by atoms with Crippen LogP contribution < -0.4 is 21.7 Å². The number of benzene rings is 1. The summed E-state index contributed by atoms with van der Waals surface area (Å²) in [4.78, 5) is 68.6. The van der Waals surface area contributed by atoms with Crippen molar-refractivity contribution in [3.63, 3.8) is 0 Å². The summed E-state index contributed by atoms with van der Waals surface area (Å²) in [5.74, 6) is -4.98. The van der Waals surface area contributed by atoms with E-state index in [1.807, 2.05) is 13.8 Å². The first-order valence-electron chi connectivity index (χ1n) is 12.1. The third kappa shape index (κ3) is 10.0. The third-order valence-electron chi connectivity index (χ3n) is 5.58. The molecule has 13 heteroatoms. The van der Waals surface area contributed by atoms with E-state index in [0.29, 0.717) is 17.7 Å². The summed E-state index contributed by atoms with van der Waals surface area (Å²) in [6, 6.07) is 3.59. The summed E-state index contributed by atoms with van der Waals surface area (Å²) in [7, 11) is 0. The van der Waals surface area contributed by atoms with Crippen molar-refractivity contribution < 1.29 is 34.2 Å². The highest BCUT2D eigenvalue weighted by Crippen LogP contribution is 2.08. The van der Waals surface area contributed by atoms with Crippen LogP contribution in [0.25, 0.3) is 0 Å². The minimum atomic E-state index is -1.51. The van der Waals surface area contributed by atoms with Crippen molar-refractivity contribution in [2.75, 3.05) is 0 Å². The molecule has 0 bridgehead atoms. The maximum Gasteiger partial charge on any atom is 0.326 e. The maximum atomic E-state index is 13.2. The van der Waals surface area contributed by atoms with Crippen molar-refractivity contribution in [1.29, 1.82) is 0 Å². The second kappa shape index (κ2) is 14.5. The molecule has 1 aromatic carbocycles. The van der Waals surface area contributed by atoms with Crippen LogP contribution in [0.2, 0.25) is 0 Å². The van der Waals surface area contributed by atoms with Gasteiger partial charge in [-0.25, -0.2) is 9.78 Å². The first-order chi connectivity index (χ1) is 18.0. The lowest BCUT2D eigenvalue weighted by molar-refractivity contribution is -0.143. The number of aromatic amines is 1. The number of amides is 3. The zero-order chi connectivity index (χ0) is 28.2. The van der Waals surface area contributed by atoms with Crippen LogP contribution in [0.3, 0.4) is 0 Å². The molecule has 0 aliphatic rings. The first kappa shape index (κ1) is 30.0. The highest BCUT2D eigenvalue weighted by Gasteiger charge is 2.32. The SMILES string of the molecule is CC(C)CC(N)C(=O)NC(CC(=O)O)C(=O)NC(Cc1ccccc1)C(=O)NC(Cc1cnc[nH]1)C(=O)O. The Morgan fingerprint density at radius 3 is 2.05 bits per heavy atom. The number of H-pyrrole nitrogens is 1. The number of carbonyl (C=O) groups is 5. The van der Waals surface area contributed by atoms with Crippen molar-refractivity contribution in [2.45, 2.75) is 63.7 Å². The van der Waals surface area contributed by atoms with Crippen molar-refractivity contribution in [2.24, 2.45) is 11.7 Å². The Hall–Kier alpha value is -4.26. The highest BCUT2D eigenvalue weighted by atomic mass is 16.4. The lowest BCUT2D eigenvalue weighted by Crippen LogP contribution is -2.58. The monoisotopic (exact) mass is 530 g/mol. The number of nitrogens with one attached hydrogen (secondary N) is 4. The standard InChI is InChI=1S/C25H34N6O7/c1-14(2)8-17(26)22(34)29-19(11-21(32)33)24(36)30-18(9-15-6-4-3-5-7-15)23(35)31-20(25(37)38)10-16-12-27-13-28-16/h3-7,12-14,17-20H,8-11,26H2,1-2H3,(H,27,28)(H,29,34)(H,30,36)(H,31,35)(H,32,33)(H,37,38). The average Bonchev–Trinajstić information content (AvgIpc) is 3.35. The number of aliphatic carboxylic acids is 2. The number of carboxylic acid groups (broad SMARTS) is 2. The molecule has 2 rings (SSSR count). The Morgan fingerprint density at radius 1 is 0.895 bits per heavy atom. The lowest BCUT2D eigenvalue weighted by Gasteiger charge is -2.25. The molecule has 38 heavy (non-hydrogen) atoms. The molecule has 0 radical (unpaired) electrons. The number of carboxylic acids is 2. The van der Waals surface area contributed by atoms with Gasteiger partial charge in [-0.3, -0.25) is 19.2 Å². The number of nitrogens with two attached hydrogens (primary N) is 1. The Kier molecular flexibility index (Phi) is 11.4. The maximum absolute atomic E-state index is 13.2. The molecule has 2 aromatic rings. The van der Waals surface area contributed by atoms with Crippen molar-refractivity contribution in [1.82, 2.24) is 25.9 Å². The largest absolute Gasteiger partial charge is 0.481 e. The summed E-state index contributed by atoms with van der Waals surface area (Å²) in [5, 5.41) is 26.2. The predicted molar refractivity (Wildman–Crippen MR) is 136 cm³/mol. The second-order valence-corrected chi connectivity index (χ2v) is 9.33. The van der Waals surface area contributed by atoms with Crippen LogP contribution in [0.1, 0.15) is 37.9 Å². The molecule has 0 spiro atoms. The van der Waals surface area contributed by atoms with Crippen molar-refractivity contribution in [3.05, 3.63) is 54.1 Å². The van der Waals surface area contributed by atoms with E-state index in [1.165, 1.54) is 12.5 Å². The third-order valence-corrected chi connectivity index (χ3v) is 5.58. The number of hydrogen-bond acceptors (Lipinski definition) is 7. The number of rotatable bonds is 15. The zero-order valence-corrected chi connectivity index (χ0v) is 21.2. The van der Waals surface area contributed by atoms with E-state index in [9.17, 15) is 34.2 Å². The molecular weight excluding hydrogens is 496 g/mol. The molecule has 206 valence electrons. The number of aromatic nitrogens is 2. The van der Waals surface area contributed by atoms with Gasteiger partial charge in [0.05, 0.1) is 18.8 Å². The van der Waals surface area contributed by atoms with E-state index in [4.69, 9.17) is 5.73 Å². The highest BCUT2D eigenvalue weighted by molar-refractivity contribution is 5.95. The number of hydrogen-bond donors (Lipinski definition) is 7. The van der Waals surface area contributed by atoms with E-state index >= 15 is 0 Å².